The average molecular weight is 321 g/mol. The fourth-order valence-electron chi connectivity index (χ4n) is 2.12. The van der Waals surface area contributed by atoms with Gasteiger partial charge in [0.1, 0.15) is 17.4 Å². The van der Waals surface area contributed by atoms with E-state index in [4.69, 9.17) is 4.74 Å². The highest BCUT2D eigenvalue weighted by atomic mass is 16.5. The highest BCUT2D eigenvalue weighted by Crippen LogP contribution is 2.24. The number of para-hydroxylation sites is 2. The van der Waals surface area contributed by atoms with E-state index < -0.39 is 5.91 Å². The van der Waals surface area contributed by atoms with E-state index in [2.05, 4.69) is 5.32 Å². The van der Waals surface area contributed by atoms with Crippen molar-refractivity contribution in [3.8, 4) is 11.8 Å². The Morgan fingerprint density at radius 1 is 1.17 bits per heavy atom. The quantitative estimate of drug-likeness (QED) is 0.678. The molecule has 0 spiro atoms. The van der Waals surface area contributed by atoms with Crippen molar-refractivity contribution in [2.24, 2.45) is 0 Å². The molecule has 24 heavy (non-hydrogen) atoms. The van der Waals surface area contributed by atoms with Gasteiger partial charge in [-0.25, -0.2) is 0 Å². The number of nitriles is 1. The Labute approximate surface area is 141 Å². The molecule has 0 aromatic heterocycles. The summed E-state index contributed by atoms with van der Waals surface area (Å²) in [5.41, 5.74) is 2.38. The van der Waals surface area contributed by atoms with E-state index in [1.807, 2.05) is 55.4 Å². The summed E-state index contributed by atoms with van der Waals surface area (Å²) in [4.78, 5) is 14.3. The summed E-state index contributed by atoms with van der Waals surface area (Å²) in [5, 5.41) is 12.0. The third kappa shape index (κ3) is 4.14. The molecule has 0 saturated heterocycles. The van der Waals surface area contributed by atoms with E-state index in [9.17, 15) is 10.1 Å². The lowest BCUT2D eigenvalue weighted by Crippen LogP contribution is -2.14. The molecule has 0 atom stereocenters. The van der Waals surface area contributed by atoms with Gasteiger partial charge in [-0.1, -0.05) is 24.3 Å². The van der Waals surface area contributed by atoms with E-state index in [1.54, 1.807) is 24.3 Å². The molecule has 0 saturated carbocycles. The van der Waals surface area contributed by atoms with E-state index >= 15 is 0 Å². The molecule has 0 heterocycles. The van der Waals surface area contributed by atoms with Crippen molar-refractivity contribution in [1.82, 2.24) is 0 Å². The first kappa shape index (κ1) is 17.1. The van der Waals surface area contributed by atoms with Crippen LogP contribution in [0.4, 0.5) is 11.4 Å². The summed E-state index contributed by atoms with van der Waals surface area (Å²) in [7, 11) is 5.43. The summed E-state index contributed by atoms with van der Waals surface area (Å²) in [5.74, 6) is 0.0668. The predicted octanol–water partition coefficient (Wildman–Crippen LogP) is 3.31. The minimum absolute atomic E-state index is 0.0264. The van der Waals surface area contributed by atoms with Gasteiger partial charge in [-0.05, 0) is 35.9 Å². The molecule has 0 aliphatic heterocycles. The summed E-state index contributed by atoms with van der Waals surface area (Å²) in [6, 6.07) is 16.6. The van der Waals surface area contributed by atoms with Crippen molar-refractivity contribution in [3.63, 3.8) is 0 Å². The zero-order chi connectivity index (χ0) is 17.5. The average Bonchev–Trinajstić information content (AvgIpc) is 2.60. The SMILES string of the molecule is COc1ccccc1NC(=O)/C(C#N)=C/c1ccc(N(C)C)cc1. The van der Waals surface area contributed by atoms with Crippen LogP contribution in [0.3, 0.4) is 0 Å². The smallest absolute Gasteiger partial charge is 0.266 e. The van der Waals surface area contributed by atoms with Crippen LogP contribution in [-0.2, 0) is 4.79 Å². The van der Waals surface area contributed by atoms with E-state index in [0.717, 1.165) is 11.3 Å². The van der Waals surface area contributed by atoms with Crippen LogP contribution in [0.1, 0.15) is 5.56 Å². The molecule has 0 fully saturated rings. The zero-order valence-corrected chi connectivity index (χ0v) is 13.9. The third-order valence-corrected chi connectivity index (χ3v) is 3.44. The van der Waals surface area contributed by atoms with Gasteiger partial charge in [-0.3, -0.25) is 4.79 Å². The second-order valence-electron chi connectivity index (χ2n) is 5.31. The van der Waals surface area contributed by atoms with Crippen molar-refractivity contribution < 1.29 is 9.53 Å². The molecule has 0 aliphatic rings. The van der Waals surface area contributed by atoms with Gasteiger partial charge >= 0.3 is 0 Å². The first-order valence-electron chi connectivity index (χ1n) is 7.38. The van der Waals surface area contributed by atoms with Crippen LogP contribution in [0.2, 0.25) is 0 Å². The van der Waals surface area contributed by atoms with Gasteiger partial charge < -0.3 is 15.0 Å². The molecule has 5 nitrogen and oxygen atoms in total. The van der Waals surface area contributed by atoms with Crippen LogP contribution < -0.4 is 15.0 Å². The highest BCUT2D eigenvalue weighted by Gasteiger charge is 2.12. The van der Waals surface area contributed by atoms with Crippen LogP contribution in [0, 0.1) is 11.3 Å². The topological polar surface area (TPSA) is 65.4 Å². The molecule has 2 aromatic rings. The van der Waals surface area contributed by atoms with Crippen LogP contribution >= 0.6 is 0 Å². The number of anilines is 2. The number of carbonyl (C=O) groups is 1. The molecule has 0 unspecified atom stereocenters. The number of amides is 1. The molecular formula is C19H19N3O2. The fraction of sp³-hybridized carbons (Fsp3) is 0.158. The Bertz CT molecular complexity index is 787. The van der Waals surface area contributed by atoms with Gasteiger partial charge in [0, 0.05) is 19.8 Å². The molecule has 0 aliphatic carbocycles. The van der Waals surface area contributed by atoms with Crippen molar-refractivity contribution in [1.29, 1.82) is 5.26 Å². The van der Waals surface area contributed by atoms with Gasteiger partial charge in [0.25, 0.3) is 5.91 Å². The van der Waals surface area contributed by atoms with Crippen LogP contribution in [0.25, 0.3) is 6.08 Å². The Balaban J connectivity index is 2.21. The molecule has 0 bridgehead atoms. The van der Waals surface area contributed by atoms with Crippen molar-refractivity contribution in [2.45, 2.75) is 0 Å². The van der Waals surface area contributed by atoms with Crippen LogP contribution in [0.5, 0.6) is 5.75 Å². The number of nitrogens with one attached hydrogen (secondary N) is 1. The molecule has 122 valence electrons. The molecular weight excluding hydrogens is 302 g/mol. The first-order valence-corrected chi connectivity index (χ1v) is 7.38. The number of ether oxygens (including phenoxy) is 1. The molecule has 2 aromatic carbocycles. The number of rotatable bonds is 5. The molecule has 5 heteroatoms. The standard InChI is InChI=1S/C19H19N3O2/c1-22(2)16-10-8-14(9-11-16)12-15(13-20)19(23)21-17-6-4-5-7-18(17)24-3/h4-12H,1-3H3,(H,21,23)/b15-12+. The number of hydrogen-bond donors (Lipinski definition) is 1. The predicted molar refractivity (Wildman–Crippen MR) is 96.0 cm³/mol. The molecule has 2 rings (SSSR count). The van der Waals surface area contributed by atoms with Gasteiger partial charge in [0.15, 0.2) is 0 Å². The Morgan fingerprint density at radius 2 is 1.83 bits per heavy atom. The van der Waals surface area contributed by atoms with Crippen LogP contribution in [-0.4, -0.2) is 27.1 Å². The molecule has 1 N–H and O–H groups in total. The fourth-order valence-corrected chi connectivity index (χ4v) is 2.12. The highest BCUT2D eigenvalue weighted by molar-refractivity contribution is 6.10. The summed E-state index contributed by atoms with van der Waals surface area (Å²) < 4.78 is 5.19. The number of carbonyl (C=O) groups excluding carboxylic acids is 1. The summed E-state index contributed by atoms with van der Waals surface area (Å²) in [6.45, 7) is 0. The summed E-state index contributed by atoms with van der Waals surface area (Å²) >= 11 is 0. The van der Waals surface area contributed by atoms with Gasteiger partial charge in [-0.15, -0.1) is 0 Å². The van der Waals surface area contributed by atoms with Crippen molar-refractivity contribution >= 4 is 23.4 Å². The number of nitrogens with zero attached hydrogens (tertiary/aromatic N) is 2. The second kappa shape index (κ2) is 7.84. The Hall–Kier alpha value is -3.26. The Morgan fingerprint density at radius 3 is 2.42 bits per heavy atom. The Kier molecular flexibility index (Phi) is 5.58. The number of benzene rings is 2. The first-order chi connectivity index (χ1) is 11.5. The largest absolute Gasteiger partial charge is 0.495 e. The van der Waals surface area contributed by atoms with E-state index in [1.165, 1.54) is 7.11 Å². The van der Waals surface area contributed by atoms with Crippen LogP contribution in [0.15, 0.2) is 54.1 Å². The lowest BCUT2D eigenvalue weighted by Gasteiger charge is -2.12. The maximum absolute atomic E-state index is 12.3. The van der Waals surface area contributed by atoms with E-state index in [0.29, 0.717) is 11.4 Å². The second-order valence-corrected chi connectivity index (χ2v) is 5.31. The van der Waals surface area contributed by atoms with Crippen molar-refractivity contribution in [2.75, 3.05) is 31.4 Å². The number of methoxy groups -OCH3 is 1. The number of hydrogen-bond acceptors (Lipinski definition) is 4. The minimum atomic E-state index is -0.473. The molecule has 0 radical (unpaired) electrons. The van der Waals surface area contributed by atoms with E-state index in [-0.39, 0.29) is 5.57 Å². The lowest BCUT2D eigenvalue weighted by atomic mass is 10.1. The lowest BCUT2D eigenvalue weighted by molar-refractivity contribution is -0.112. The van der Waals surface area contributed by atoms with Gasteiger partial charge in [-0.2, -0.15) is 5.26 Å². The third-order valence-electron chi connectivity index (χ3n) is 3.44. The maximum atomic E-state index is 12.3. The van der Waals surface area contributed by atoms with Crippen molar-refractivity contribution in [3.05, 3.63) is 59.7 Å². The monoisotopic (exact) mass is 321 g/mol. The van der Waals surface area contributed by atoms with Gasteiger partial charge in [0.2, 0.25) is 0 Å². The van der Waals surface area contributed by atoms with Gasteiger partial charge in [0.05, 0.1) is 12.8 Å². The maximum Gasteiger partial charge on any atom is 0.266 e. The molecule has 1 amide bonds. The minimum Gasteiger partial charge on any atom is -0.495 e. The zero-order valence-electron chi connectivity index (χ0n) is 13.9. The summed E-state index contributed by atoms with van der Waals surface area (Å²) in [6.07, 6.45) is 1.56. The normalized spacial score (nSPS) is 10.7.